The maximum absolute atomic E-state index is 16.4. The van der Waals surface area contributed by atoms with Gasteiger partial charge in [0, 0.05) is 43.5 Å². The monoisotopic (exact) mass is 515 g/mol. The number of nitrogens with zero attached hydrogens (tertiary/aromatic N) is 6. The molecule has 1 N–H and O–H groups in total. The molecule has 3 aliphatic rings. The average Bonchev–Trinajstić information content (AvgIpc) is 3.36. The Hall–Kier alpha value is -3.35. The largest absolute Gasteiger partial charge is 0.462 e. The molecule has 9 heteroatoms. The minimum Gasteiger partial charge on any atom is -0.462 e. The molecule has 0 amide bonds. The minimum atomic E-state index is -0.434. The van der Waals surface area contributed by atoms with Crippen molar-refractivity contribution in [2.45, 2.75) is 57.0 Å². The van der Waals surface area contributed by atoms with Gasteiger partial charge in [0.05, 0.1) is 17.9 Å². The number of aryl methyl sites for hydroxylation is 1. The van der Waals surface area contributed by atoms with Gasteiger partial charge in [-0.1, -0.05) is 18.2 Å². The number of fused-ring (bicyclic) bond motifs is 2. The van der Waals surface area contributed by atoms with E-state index < -0.39 is 5.82 Å². The predicted octanol–water partition coefficient (Wildman–Crippen LogP) is 3.87. The third-order valence-electron chi connectivity index (χ3n) is 8.26. The van der Waals surface area contributed by atoms with Crippen LogP contribution < -0.4 is 15.0 Å². The summed E-state index contributed by atoms with van der Waals surface area (Å²) in [7, 11) is 2.10. The quantitative estimate of drug-likeness (QED) is 0.529. The van der Waals surface area contributed by atoms with Crippen molar-refractivity contribution in [3.8, 4) is 23.3 Å². The molecule has 2 aromatic heterocycles. The van der Waals surface area contributed by atoms with E-state index in [0.29, 0.717) is 55.6 Å². The van der Waals surface area contributed by atoms with Gasteiger partial charge in [-0.3, -0.25) is 4.98 Å². The Morgan fingerprint density at radius 3 is 2.92 bits per heavy atom. The molecule has 1 aliphatic carbocycles. The smallest absolute Gasteiger partial charge is 0.319 e. The number of piperazine rings is 1. The van der Waals surface area contributed by atoms with Crippen LogP contribution >= 0.6 is 0 Å². The summed E-state index contributed by atoms with van der Waals surface area (Å²) in [5.74, 6) is 0.180. The van der Waals surface area contributed by atoms with Crippen LogP contribution in [0.5, 0.6) is 6.01 Å². The molecular formula is C29H34FN7O. The number of likely N-dealkylation sites (N-methyl/N-ethyl adjacent to an activating group) is 1. The number of benzene rings is 1. The van der Waals surface area contributed by atoms with Gasteiger partial charge in [0.1, 0.15) is 23.6 Å². The molecule has 8 nitrogen and oxygen atoms in total. The van der Waals surface area contributed by atoms with Gasteiger partial charge in [-0.2, -0.15) is 15.2 Å². The van der Waals surface area contributed by atoms with Crippen molar-refractivity contribution in [1.29, 1.82) is 5.26 Å². The molecule has 2 saturated heterocycles. The van der Waals surface area contributed by atoms with Crippen molar-refractivity contribution in [2.24, 2.45) is 0 Å². The van der Waals surface area contributed by atoms with Gasteiger partial charge in [-0.15, -0.1) is 0 Å². The Morgan fingerprint density at radius 1 is 1.18 bits per heavy atom. The predicted molar refractivity (Wildman–Crippen MR) is 145 cm³/mol. The molecule has 0 radical (unpaired) electrons. The molecule has 38 heavy (non-hydrogen) atoms. The summed E-state index contributed by atoms with van der Waals surface area (Å²) in [6, 6.07) is 8.87. The lowest BCUT2D eigenvalue weighted by Gasteiger charge is -2.34. The van der Waals surface area contributed by atoms with Crippen LogP contribution in [0.3, 0.4) is 0 Å². The second-order valence-corrected chi connectivity index (χ2v) is 10.7. The molecule has 0 unspecified atom stereocenters. The Bertz CT molecular complexity index is 1370. The second-order valence-electron chi connectivity index (χ2n) is 10.7. The summed E-state index contributed by atoms with van der Waals surface area (Å²) in [6.45, 7) is 3.51. The van der Waals surface area contributed by atoms with Crippen LogP contribution in [-0.4, -0.2) is 71.8 Å². The van der Waals surface area contributed by atoms with Gasteiger partial charge in [0.15, 0.2) is 5.82 Å². The molecule has 3 aromatic rings. The Balaban J connectivity index is 1.43. The van der Waals surface area contributed by atoms with Crippen LogP contribution in [0.1, 0.15) is 43.2 Å². The average molecular weight is 516 g/mol. The van der Waals surface area contributed by atoms with E-state index in [-0.39, 0.29) is 17.6 Å². The molecule has 0 bridgehead atoms. The summed E-state index contributed by atoms with van der Waals surface area (Å²) in [5.41, 5.74) is 3.91. The number of ether oxygens (including phenoxy) is 1. The highest BCUT2D eigenvalue weighted by Crippen LogP contribution is 2.36. The van der Waals surface area contributed by atoms with Crippen molar-refractivity contribution in [2.75, 3.05) is 44.7 Å². The van der Waals surface area contributed by atoms with Crippen molar-refractivity contribution < 1.29 is 9.13 Å². The summed E-state index contributed by atoms with van der Waals surface area (Å²) in [5, 5.41) is 13.2. The lowest BCUT2D eigenvalue weighted by Crippen LogP contribution is -2.51. The summed E-state index contributed by atoms with van der Waals surface area (Å²) < 4.78 is 22.5. The number of halogens is 1. The van der Waals surface area contributed by atoms with Crippen molar-refractivity contribution in [3.05, 3.63) is 41.3 Å². The number of pyridine rings is 1. The molecule has 2 fully saturated rings. The number of hydrogen-bond acceptors (Lipinski definition) is 8. The Kier molecular flexibility index (Phi) is 7.09. The molecule has 6 rings (SSSR count). The second kappa shape index (κ2) is 10.8. The lowest BCUT2D eigenvalue weighted by molar-refractivity contribution is 0.188. The molecule has 4 heterocycles. The highest BCUT2D eigenvalue weighted by Gasteiger charge is 2.27. The van der Waals surface area contributed by atoms with E-state index in [4.69, 9.17) is 9.72 Å². The van der Waals surface area contributed by atoms with E-state index in [1.54, 1.807) is 6.20 Å². The fourth-order valence-electron chi connectivity index (χ4n) is 6.14. The molecule has 0 spiro atoms. The van der Waals surface area contributed by atoms with E-state index in [9.17, 15) is 5.26 Å². The van der Waals surface area contributed by atoms with E-state index in [1.807, 2.05) is 12.1 Å². The SMILES string of the molecule is CN1CCC[C@H]1COc1nc(N2CCN[C@@H](CC#N)C2)c2cnc(-c3cccc4c3CCCC4)c(F)c2n1. The van der Waals surface area contributed by atoms with Crippen LogP contribution in [0.4, 0.5) is 10.2 Å². The maximum Gasteiger partial charge on any atom is 0.319 e. The standard InChI is InChI=1S/C29H34FN7O/c1-36-14-5-8-21(36)18-38-29-34-27-24(28(35-29)37-15-13-32-20(17-37)11-12-31)16-33-26(25(27)30)23-10-4-7-19-6-2-3-9-22(19)23/h4,7,10,16,20-21,32H,2-3,5-6,8-9,11,13-15,17-18H2,1H3/t20-,21-/m0/s1. The van der Waals surface area contributed by atoms with Crippen LogP contribution in [0.15, 0.2) is 24.4 Å². The van der Waals surface area contributed by atoms with Crippen molar-refractivity contribution >= 4 is 16.7 Å². The first-order valence-corrected chi connectivity index (χ1v) is 13.8. The topological polar surface area (TPSA) is 90.2 Å². The van der Waals surface area contributed by atoms with Gasteiger partial charge < -0.3 is 19.9 Å². The number of anilines is 1. The summed E-state index contributed by atoms with van der Waals surface area (Å²) >= 11 is 0. The van der Waals surface area contributed by atoms with Crippen LogP contribution in [0, 0.1) is 17.1 Å². The van der Waals surface area contributed by atoms with E-state index in [2.05, 4.69) is 44.3 Å². The fourth-order valence-corrected chi connectivity index (χ4v) is 6.14. The van der Waals surface area contributed by atoms with Gasteiger partial charge in [-0.25, -0.2) is 4.39 Å². The zero-order valence-electron chi connectivity index (χ0n) is 21.9. The van der Waals surface area contributed by atoms with Crippen molar-refractivity contribution in [1.82, 2.24) is 25.2 Å². The Labute approximate surface area is 222 Å². The maximum atomic E-state index is 16.4. The van der Waals surface area contributed by atoms with Gasteiger partial charge in [0.25, 0.3) is 0 Å². The van der Waals surface area contributed by atoms with Gasteiger partial charge >= 0.3 is 6.01 Å². The van der Waals surface area contributed by atoms with Crippen LogP contribution in [0.2, 0.25) is 0 Å². The number of hydrogen-bond donors (Lipinski definition) is 1. The lowest BCUT2D eigenvalue weighted by atomic mass is 9.87. The summed E-state index contributed by atoms with van der Waals surface area (Å²) in [6.07, 6.45) is 8.52. The first-order chi connectivity index (χ1) is 18.6. The highest BCUT2D eigenvalue weighted by atomic mass is 19.1. The zero-order chi connectivity index (χ0) is 26.1. The van der Waals surface area contributed by atoms with Crippen molar-refractivity contribution in [3.63, 3.8) is 0 Å². The van der Waals surface area contributed by atoms with Gasteiger partial charge in [0.2, 0.25) is 0 Å². The minimum absolute atomic E-state index is 0.0168. The van der Waals surface area contributed by atoms with Crippen LogP contribution in [0.25, 0.3) is 22.2 Å². The number of nitrogens with one attached hydrogen (secondary N) is 1. The first kappa shape index (κ1) is 25.0. The highest BCUT2D eigenvalue weighted by molar-refractivity contribution is 5.92. The number of rotatable bonds is 6. The zero-order valence-corrected chi connectivity index (χ0v) is 21.9. The van der Waals surface area contributed by atoms with Gasteiger partial charge in [-0.05, 0) is 63.2 Å². The number of likely N-dealkylation sites (tertiary alicyclic amines) is 1. The third kappa shape index (κ3) is 4.79. The van der Waals surface area contributed by atoms with Crippen LogP contribution in [-0.2, 0) is 12.8 Å². The number of nitriles is 1. The van der Waals surface area contributed by atoms with E-state index >= 15 is 4.39 Å². The fraction of sp³-hybridized carbons (Fsp3) is 0.517. The Morgan fingerprint density at radius 2 is 2.08 bits per heavy atom. The van der Waals surface area contributed by atoms with E-state index in [0.717, 1.165) is 50.6 Å². The summed E-state index contributed by atoms with van der Waals surface area (Å²) in [4.78, 5) is 18.4. The molecule has 0 saturated carbocycles. The molecule has 1 aromatic carbocycles. The van der Waals surface area contributed by atoms with E-state index in [1.165, 1.54) is 11.1 Å². The normalized spacial score (nSPS) is 21.9. The first-order valence-electron chi connectivity index (χ1n) is 13.8. The third-order valence-corrected chi connectivity index (χ3v) is 8.26. The molecular weight excluding hydrogens is 481 g/mol. The molecule has 2 aliphatic heterocycles. The molecule has 2 atom stereocenters. The number of aromatic nitrogens is 3. The molecule has 198 valence electrons.